The summed E-state index contributed by atoms with van der Waals surface area (Å²) >= 11 is 0. The molecule has 9 heteroatoms. The highest BCUT2D eigenvalue weighted by atomic mass is 19.1. The van der Waals surface area contributed by atoms with E-state index in [1.807, 2.05) is 74.6 Å². The van der Waals surface area contributed by atoms with Crippen molar-refractivity contribution in [2.75, 3.05) is 38.8 Å². The number of imidazole rings is 1. The van der Waals surface area contributed by atoms with Gasteiger partial charge in [-0.1, -0.05) is 44.2 Å². The highest BCUT2D eigenvalue weighted by Gasteiger charge is 2.25. The summed E-state index contributed by atoms with van der Waals surface area (Å²) in [5.74, 6) is 0.726. The molecule has 4 N–H and O–H groups in total. The predicted molar refractivity (Wildman–Crippen MR) is 163 cm³/mol. The molecule has 216 valence electrons. The Labute approximate surface area is 241 Å². The first-order valence-electron chi connectivity index (χ1n) is 13.6. The van der Waals surface area contributed by atoms with Crippen LogP contribution in [0, 0.1) is 16.6 Å². The van der Waals surface area contributed by atoms with Crippen molar-refractivity contribution in [3.05, 3.63) is 90.1 Å². The SMILES string of the molecule is CCOc1cc(OCC(C)(C)CN(C)C)c(F)c(N(Cc2nc(-c3ccccc3)c[nH]2)c2ccc(C(=N)N)cc2)c1. The number of hydrogen-bond donors (Lipinski definition) is 3. The summed E-state index contributed by atoms with van der Waals surface area (Å²) in [6, 6.07) is 20.2. The number of benzene rings is 3. The van der Waals surface area contributed by atoms with Gasteiger partial charge in [-0.3, -0.25) is 5.41 Å². The summed E-state index contributed by atoms with van der Waals surface area (Å²) in [5.41, 5.74) is 8.81. The fourth-order valence-corrected chi connectivity index (χ4v) is 4.77. The first kappa shape index (κ1) is 29.6. The van der Waals surface area contributed by atoms with Gasteiger partial charge in [0.15, 0.2) is 11.6 Å². The van der Waals surface area contributed by atoms with Gasteiger partial charge in [-0.05, 0) is 45.3 Å². The zero-order valence-corrected chi connectivity index (χ0v) is 24.4. The minimum atomic E-state index is -0.500. The van der Waals surface area contributed by atoms with Gasteiger partial charge in [-0.15, -0.1) is 0 Å². The van der Waals surface area contributed by atoms with Crippen molar-refractivity contribution in [1.29, 1.82) is 5.41 Å². The monoisotopic (exact) mass is 558 g/mol. The third kappa shape index (κ3) is 7.64. The van der Waals surface area contributed by atoms with Gasteiger partial charge in [0.25, 0.3) is 0 Å². The molecular weight excluding hydrogens is 519 g/mol. The summed E-state index contributed by atoms with van der Waals surface area (Å²) in [6.45, 7) is 7.82. The Kier molecular flexibility index (Phi) is 9.29. The van der Waals surface area contributed by atoms with Crippen LogP contribution >= 0.6 is 0 Å². The Morgan fingerprint density at radius 3 is 2.39 bits per heavy atom. The lowest BCUT2D eigenvalue weighted by molar-refractivity contribution is 0.137. The smallest absolute Gasteiger partial charge is 0.188 e. The van der Waals surface area contributed by atoms with Crippen LogP contribution in [0.15, 0.2) is 72.9 Å². The van der Waals surface area contributed by atoms with Crippen molar-refractivity contribution in [2.45, 2.75) is 27.3 Å². The van der Waals surface area contributed by atoms with E-state index < -0.39 is 5.82 Å². The van der Waals surface area contributed by atoms with Gasteiger partial charge in [0, 0.05) is 47.1 Å². The molecule has 0 aliphatic carbocycles. The fourth-order valence-electron chi connectivity index (χ4n) is 4.77. The van der Waals surface area contributed by atoms with Crippen molar-refractivity contribution in [1.82, 2.24) is 14.9 Å². The molecule has 4 rings (SSSR count). The number of ether oxygens (including phenoxy) is 2. The summed E-state index contributed by atoms with van der Waals surface area (Å²) in [5, 5.41) is 7.77. The first-order valence-corrected chi connectivity index (χ1v) is 13.6. The normalized spacial score (nSPS) is 11.5. The van der Waals surface area contributed by atoms with Crippen molar-refractivity contribution in [2.24, 2.45) is 11.1 Å². The van der Waals surface area contributed by atoms with Crippen LogP contribution in [-0.4, -0.2) is 54.6 Å². The van der Waals surface area contributed by atoms with Crippen LogP contribution in [0.1, 0.15) is 32.2 Å². The molecule has 0 unspecified atom stereocenters. The molecule has 0 radical (unpaired) electrons. The quantitative estimate of drug-likeness (QED) is 0.133. The molecule has 0 aliphatic rings. The second-order valence-electron chi connectivity index (χ2n) is 11.0. The zero-order chi connectivity index (χ0) is 29.6. The second-order valence-corrected chi connectivity index (χ2v) is 11.0. The lowest BCUT2D eigenvalue weighted by Gasteiger charge is -2.29. The number of nitrogen functional groups attached to an aromatic ring is 1. The topological polar surface area (TPSA) is 103 Å². The molecule has 0 aliphatic heterocycles. The number of aromatic amines is 1. The van der Waals surface area contributed by atoms with E-state index in [0.29, 0.717) is 36.0 Å². The van der Waals surface area contributed by atoms with Crippen molar-refractivity contribution in [3.8, 4) is 22.8 Å². The van der Waals surface area contributed by atoms with Crippen LogP contribution in [0.2, 0.25) is 0 Å². The van der Waals surface area contributed by atoms with Crippen molar-refractivity contribution < 1.29 is 13.9 Å². The van der Waals surface area contributed by atoms with E-state index in [-0.39, 0.29) is 29.2 Å². The Morgan fingerprint density at radius 2 is 1.76 bits per heavy atom. The fraction of sp³-hybridized carbons (Fsp3) is 0.312. The molecule has 4 aromatic rings. The molecule has 1 aromatic heterocycles. The number of aromatic nitrogens is 2. The molecule has 0 saturated carbocycles. The van der Waals surface area contributed by atoms with Crippen LogP contribution < -0.4 is 20.1 Å². The van der Waals surface area contributed by atoms with Crippen LogP contribution in [0.4, 0.5) is 15.8 Å². The molecular formula is C32H39FN6O2. The van der Waals surface area contributed by atoms with E-state index in [1.165, 1.54) is 0 Å². The number of nitrogens with one attached hydrogen (secondary N) is 2. The van der Waals surface area contributed by atoms with Gasteiger partial charge in [0.2, 0.25) is 0 Å². The maximum atomic E-state index is 16.3. The minimum Gasteiger partial charge on any atom is -0.494 e. The number of H-pyrrole nitrogens is 1. The Morgan fingerprint density at radius 1 is 1.05 bits per heavy atom. The maximum Gasteiger partial charge on any atom is 0.188 e. The predicted octanol–water partition coefficient (Wildman–Crippen LogP) is 6.20. The number of anilines is 2. The average Bonchev–Trinajstić information content (AvgIpc) is 3.41. The Bertz CT molecular complexity index is 1450. The van der Waals surface area contributed by atoms with Gasteiger partial charge in [0.1, 0.15) is 17.4 Å². The summed E-state index contributed by atoms with van der Waals surface area (Å²) in [7, 11) is 4.01. The number of rotatable bonds is 13. The largest absolute Gasteiger partial charge is 0.494 e. The Balaban J connectivity index is 1.75. The van der Waals surface area contributed by atoms with E-state index in [9.17, 15) is 0 Å². The van der Waals surface area contributed by atoms with Gasteiger partial charge in [-0.25, -0.2) is 9.37 Å². The average molecular weight is 559 g/mol. The number of nitrogens with zero attached hydrogens (tertiary/aromatic N) is 3. The van der Waals surface area contributed by atoms with Gasteiger partial charge < -0.3 is 30.0 Å². The maximum absolute atomic E-state index is 16.3. The molecule has 0 spiro atoms. The Hall–Kier alpha value is -4.37. The van der Waals surface area contributed by atoms with Crippen molar-refractivity contribution >= 4 is 17.2 Å². The van der Waals surface area contributed by atoms with Crippen molar-refractivity contribution in [3.63, 3.8) is 0 Å². The van der Waals surface area contributed by atoms with Gasteiger partial charge in [-0.2, -0.15) is 0 Å². The third-order valence-corrected chi connectivity index (χ3v) is 6.46. The number of amidine groups is 1. The molecule has 3 aromatic carbocycles. The molecule has 8 nitrogen and oxygen atoms in total. The number of halogens is 1. The standard InChI is InChI=1S/C32H39FN6O2/c1-6-40-25-16-27(30(33)28(17-25)41-21-32(2,3)20-38(4)5)39(24-14-12-23(13-15-24)31(34)35)19-29-36-18-26(37-29)22-10-8-7-9-11-22/h7-18H,6,19-21H2,1-5H3,(H3,34,35)(H,36,37). The van der Waals surface area contributed by atoms with Gasteiger partial charge in [0.05, 0.1) is 31.1 Å². The number of hydrogen-bond acceptors (Lipinski definition) is 6. The highest BCUT2D eigenvalue weighted by Crippen LogP contribution is 2.38. The van der Waals surface area contributed by atoms with Crippen LogP contribution in [0.5, 0.6) is 11.5 Å². The van der Waals surface area contributed by atoms with Gasteiger partial charge >= 0.3 is 0 Å². The van der Waals surface area contributed by atoms with E-state index >= 15 is 4.39 Å². The molecule has 0 bridgehead atoms. The highest BCUT2D eigenvalue weighted by molar-refractivity contribution is 5.95. The van der Waals surface area contributed by atoms with Crippen LogP contribution in [0.3, 0.4) is 0 Å². The lowest BCUT2D eigenvalue weighted by Crippen LogP contribution is -2.33. The lowest BCUT2D eigenvalue weighted by atomic mass is 9.94. The number of nitrogens with two attached hydrogens (primary N) is 1. The van der Waals surface area contributed by atoms with Crippen LogP contribution in [-0.2, 0) is 6.54 Å². The van der Waals surface area contributed by atoms with E-state index in [1.54, 1.807) is 24.3 Å². The van der Waals surface area contributed by atoms with E-state index in [0.717, 1.165) is 17.8 Å². The third-order valence-electron chi connectivity index (χ3n) is 6.46. The molecule has 0 fully saturated rings. The summed E-state index contributed by atoms with van der Waals surface area (Å²) in [4.78, 5) is 11.9. The second kappa shape index (κ2) is 12.9. The summed E-state index contributed by atoms with van der Waals surface area (Å²) < 4.78 is 28.3. The first-order chi connectivity index (χ1) is 19.6. The van der Waals surface area contributed by atoms with E-state index in [2.05, 4.69) is 23.7 Å². The van der Waals surface area contributed by atoms with Crippen LogP contribution in [0.25, 0.3) is 11.3 Å². The molecule has 41 heavy (non-hydrogen) atoms. The molecule has 0 atom stereocenters. The molecule has 1 heterocycles. The molecule has 0 amide bonds. The molecule has 0 saturated heterocycles. The summed E-state index contributed by atoms with van der Waals surface area (Å²) in [6.07, 6.45) is 1.84. The minimum absolute atomic E-state index is 0.0396. The zero-order valence-electron chi connectivity index (χ0n) is 24.4. The van der Waals surface area contributed by atoms with E-state index in [4.69, 9.17) is 25.6 Å².